The van der Waals surface area contributed by atoms with Crippen LogP contribution >= 0.6 is 43.5 Å². The van der Waals surface area contributed by atoms with Crippen molar-refractivity contribution < 1.29 is 0 Å². The minimum atomic E-state index is -0.0177. The lowest BCUT2D eigenvalue weighted by Crippen LogP contribution is -1.97. The lowest BCUT2D eigenvalue weighted by Gasteiger charge is -2.12. The predicted octanol–water partition coefficient (Wildman–Crippen LogP) is 6.35. The zero-order valence-corrected chi connectivity index (χ0v) is 14.8. The van der Waals surface area contributed by atoms with Crippen LogP contribution < -0.4 is 0 Å². The lowest BCUT2D eigenvalue weighted by atomic mass is 10.0. The topological polar surface area (TPSA) is 0 Å². The Kier molecular flexibility index (Phi) is 5.10. The Morgan fingerprint density at radius 1 is 0.947 bits per heavy atom. The molecule has 19 heavy (non-hydrogen) atoms. The van der Waals surface area contributed by atoms with Gasteiger partial charge < -0.3 is 0 Å². The summed E-state index contributed by atoms with van der Waals surface area (Å²) < 4.78 is 2.09. The van der Waals surface area contributed by atoms with Crippen LogP contribution in [0.1, 0.15) is 27.6 Å². The van der Waals surface area contributed by atoms with E-state index in [-0.39, 0.29) is 5.38 Å². The third-order valence-electron chi connectivity index (χ3n) is 3.23. The zero-order chi connectivity index (χ0) is 14.0. The van der Waals surface area contributed by atoms with Gasteiger partial charge in [0.25, 0.3) is 0 Å². The Balaban J connectivity index is 2.20. The van der Waals surface area contributed by atoms with Crippen molar-refractivity contribution >= 4 is 43.5 Å². The molecule has 0 heterocycles. The molecule has 0 aromatic heterocycles. The molecule has 1 unspecified atom stereocenters. The Labute approximate surface area is 136 Å². The summed E-state index contributed by atoms with van der Waals surface area (Å²) in [7, 11) is 0. The fourth-order valence-corrected chi connectivity index (χ4v) is 3.64. The van der Waals surface area contributed by atoms with Crippen LogP contribution in [0.5, 0.6) is 0 Å². The van der Waals surface area contributed by atoms with Crippen molar-refractivity contribution in [1.29, 1.82) is 0 Å². The van der Waals surface area contributed by atoms with Gasteiger partial charge in [-0.25, -0.2) is 0 Å². The minimum Gasteiger partial charge on any atom is -0.117 e. The van der Waals surface area contributed by atoms with Gasteiger partial charge in [-0.3, -0.25) is 0 Å². The number of benzene rings is 2. The molecule has 0 aliphatic carbocycles. The minimum absolute atomic E-state index is 0.0177. The number of halogens is 3. The van der Waals surface area contributed by atoms with Crippen LogP contribution in [0.2, 0.25) is 0 Å². The van der Waals surface area contributed by atoms with E-state index in [2.05, 4.69) is 76.0 Å². The number of hydrogen-bond donors (Lipinski definition) is 0. The maximum Gasteiger partial charge on any atom is 0.0626 e. The highest BCUT2D eigenvalue weighted by Gasteiger charge is 2.11. The molecule has 0 aliphatic heterocycles. The summed E-state index contributed by atoms with van der Waals surface area (Å²) in [5.74, 6) is 0. The van der Waals surface area contributed by atoms with Gasteiger partial charge in [-0.2, -0.15) is 0 Å². The van der Waals surface area contributed by atoms with Crippen molar-refractivity contribution in [3.63, 3.8) is 0 Å². The molecule has 2 aromatic rings. The van der Waals surface area contributed by atoms with Crippen LogP contribution in [-0.4, -0.2) is 0 Å². The fourth-order valence-electron chi connectivity index (χ4n) is 2.01. The molecule has 1 atom stereocenters. The van der Waals surface area contributed by atoms with Gasteiger partial charge in [-0.1, -0.05) is 50.1 Å². The summed E-state index contributed by atoms with van der Waals surface area (Å²) >= 11 is 13.5. The number of hydrogen-bond acceptors (Lipinski definition) is 0. The highest BCUT2D eigenvalue weighted by atomic mass is 79.9. The third kappa shape index (κ3) is 4.08. The molecule has 0 bridgehead atoms. The molecular weight excluding hydrogens is 387 g/mol. The summed E-state index contributed by atoms with van der Waals surface area (Å²) in [6, 6.07) is 12.7. The number of rotatable bonds is 3. The molecule has 3 heteroatoms. The van der Waals surface area contributed by atoms with Crippen molar-refractivity contribution in [2.45, 2.75) is 25.6 Å². The largest absolute Gasteiger partial charge is 0.117 e. The maximum absolute atomic E-state index is 6.54. The Morgan fingerprint density at radius 3 is 2.16 bits per heavy atom. The maximum atomic E-state index is 6.54. The molecule has 0 amide bonds. The second-order valence-corrected chi connectivity index (χ2v) is 7.15. The molecule has 0 radical (unpaired) electrons. The first-order valence-corrected chi connectivity index (χ1v) is 8.14. The fraction of sp³-hybridized carbons (Fsp3) is 0.250. The van der Waals surface area contributed by atoms with Crippen molar-refractivity contribution in [3.05, 3.63) is 67.6 Å². The molecule has 0 spiro atoms. The molecule has 0 saturated carbocycles. The van der Waals surface area contributed by atoms with E-state index in [1.807, 2.05) is 6.07 Å². The molecule has 0 fully saturated rings. The molecule has 0 aliphatic rings. The van der Waals surface area contributed by atoms with E-state index in [1.54, 1.807) is 0 Å². The van der Waals surface area contributed by atoms with Gasteiger partial charge in [-0.05, 0) is 60.7 Å². The Bertz CT molecular complexity index is 573. The average molecular weight is 403 g/mol. The summed E-state index contributed by atoms with van der Waals surface area (Å²) in [6.45, 7) is 4.26. The lowest BCUT2D eigenvalue weighted by molar-refractivity contribution is 0.915. The van der Waals surface area contributed by atoms with Crippen molar-refractivity contribution in [3.8, 4) is 0 Å². The van der Waals surface area contributed by atoms with E-state index in [1.165, 1.54) is 16.7 Å². The average Bonchev–Trinajstić information content (AvgIpc) is 2.32. The monoisotopic (exact) mass is 400 g/mol. The van der Waals surface area contributed by atoms with E-state index < -0.39 is 0 Å². The van der Waals surface area contributed by atoms with Crippen molar-refractivity contribution in [1.82, 2.24) is 0 Å². The molecule has 100 valence electrons. The van der Waals surface area contributed by atoms with Crippen molar-refractivity contribution in [2.75, 3.05) is 0 Å². The summed E-state index contributed by atoms with van der Waals surface area (Å²) in [6.07, 6.45) is 0.839. The normalized spacial score (nSPS) is 12.5. The first kappa shape index (κ1) is 15.1. The third-order valence-corrected chi connectivity index (χ3v) is 4.55. The first-order valence-electron chi connectivity index (χ1n) is 6.12. The van der Waals surface area contributed by atoms with E-state index in [0.717, 1.165) is 20.9 Å². The van der Waals surface area contributed by atoms with Crippen LogP contribution in [0, 0.1) is 13.8 Å². The van der Waals surface area contributed by atoms with Crippen LogP contribution in [0.4, 0.5) is 0 Å². The molecular formula is C16H15Br2Cl. The Hall–Kier alpha value is -0.310. The van der Waals surface area contributed by atoms with E-state index >= 15 is 0 Å². The van der Waals surface area contributed by atoms with Gasteiger partial charge in [-0.15, -0.1) is 11.6 Å². The molecule has 0 saturated heterocycles. The quantitative estimate of drug-likeness (QED) is 0.525. The van der Waals surface area contributed by atoms with Gasteiger partial charge in [0.05, 0.1) is 5.38 Å². The molecule has 2 rings (SSSR count). The molecule has 0 nitrogen and oxygen atoms in total. The summed E-state index contributed by atoms with van der Waals surface area (Å²) in [5.41, 5.74) is 5.04. The molecule has 2 aromatic carbocycles. The van der Waals surface area contributed by atoms with Crippen LogP contribution in [0.15, 0.2) is 45.3 Å². The zero-order valence-electron chi connectivity index (χ0n) is 10.9. The molecule has 0 N–H and O–H groups in total. The van der Waals surface area contributed by atoms with Crippen LogP contribution in [0.25, 0.3) is 0 Å². The van der Waals surface area contributed by atoms with Crippen LogP contribution in [-0.2, 0) is 6.42 Å². The van der Waals surface area contributed by atoms with Gasteiger partial charge in [0.2, 0.25) is 0 Å². The Morgan fingerprint density at radius 2 is 1.58 bits per heavy atom. The highest BCUT2D eigenvalue weighted by molar-refractivity contribution is 9.11. The highest BCUT2D eigenvalue weighted by Crippen LogP contribution is 2.30. The SMILES string of the molecule is Cc1ccc(CC(Cl)c2cc(Br)cc(Br)c2)cc1C. The second kappa shape index (κ2) is 6.43. The van der Waals surface area contributed by atoms with E-state index in [4.69, 9.17) is 11.6 Å². The van der Waals surface area contributed by atoms with Gasteiger partial charge >= 0.3 is 0 Å². The van der Waals surface area contributed by atoms with E-state index in [9.17, 15) is 0 Å². The van der Waals surface area contributed by atoms with Gasteiger partial charge in [0, 0.05) is 8.95 Å². The number of aryl methyl sites for hydroxylation is 2. The standard InChI is InChI=1S/C16H15Br2Cl/c1-10-3-4-12(5-11(10)2)6-16(19)13-7-14(17)9-15(18)8-13/h3-5,7-9,16H,6H2,1-2H3. The summed E-state index contributed by atoms with van der Waals surface area (Å²) in [5, 5.41) is -0.0177. The van der Waals surface area contributed by atoms with E-state index in [0.29, 0.717) is 0 Å². The first-order chi connectivity index (χ1) is 8.95. The summed E-state index contributed by atoms with van der Waals surface area (Å²) in [4.78, 5) is 0. The smallest absolute Gasteiger partial charge is 0.0626 e. The second-order valence-electron chi connectivity index (χ2n) is 4.79. The predicted molar refractivity (Wildman–Crippen MR) is 90.1 cm³/mol. The van der Waals surface area contributed by atoms with Crippen molar-refractivity contribution in [2.24, 2.45) is 0 Å². The number of alkyl halides is 1. The van der Waals surface area contributed by atoms with Gasteiger partial charge in [0.1, 0.15) is 0 Å². The van der Waals surface area contributed by atoms with Crippen LogP contribution in [0.3, 0.4) is 0 Å². The van der Waals surface area contributed by atoms with Gasteiger partial charge in [0.15, 0.2) is 0 Å².